The Labute approximate surface area is 71.7 Å². The van der Waals surface area contributed by atoms with Crippen molar-refractivity contribution < 1.29 is 4.74 Å². The number of nitrogens with one attached hydrogen (secondary N) is 1. The van der Waals surface area contributed by atoms with Crippen LogP contribution in [0.2, 0.25) is 0 Å². The SMILES string of the molecule is CNC(=S)N1CCOC2CC21. The van der Waals surface area contributed by atoms with Crippen molar-refractivity contribution in [3.63, 3.8) is 0 Å². The zero-order valence-electron chi connectivity index (χ0n) is 6.54. The Hall–Kier alpha value is -0.350. The summed E-state index contributed by atoms with van der Waals surface area (Å²) >= 11 is 5.14. The van der Waals surface area contributed by atoms with Crippen molar-refractivity contribution in [1.82, 2.24) is 10.2 Å². The highest BCUT2D eigenvalue weighted by Gasteiger charge is 2.46. The van der Waals surface area contributed by atoms with E-state index < -0.39 is 0 Å². The summed E-state index contributed by atoms with van der Waals surface area (Å²) in [4.78, 5) is 2.23. The van der Waals surface area contributed by atoms with Crippen LogP contribution in [0.4, 0.5) is 0 Å². The molecule has 2 rings (SSSR count). The molecule has 2 fully saturated rings. The third-order valence-corrected chi connectivity index (χ3v) is 2.68. The summed E-state index contributed by atoms with van der Waals surface area (Å²) in [6.45, 7) is 1.77. The monoisotopic (exact) mass is 172 g/mol. The molecule has 1 aliphatic carbocycles. The summed E-state index contributed by atoms with van der Waals surface area (Å²) in [7, 11) is 1.87. The summed E-state index contributed by atoms with van der Waals surface area (Å²) in [6, 6.07) is 0.573. The zero-order chi connectivity index (χ0) is 7.84. The van der Waals surface area contributed by atoms with E-state index >= 15 is 0 Å². The summed E-state index contributed by atoms with van der Waals surface area (Å²) in [5, 5.41) is 3.86. The molecule has 1 heterocycles. The smallest absolute Gasteiger partial charge is 0.169 e. The van der Waals surface area contributed by atoms with Crippen molar-refractivity contribution in [2.45, 2.75) is 18.6 Å². The first kappa shape index (κ1) is 7.31. The third-order valence-electron chi connectivity index (χ3n) is 2.24. The topological polar surface area (TPSA) is 24.5 Å². The van der Waals surface area contributed by atoms with Gasteiger partial charge in [-0.15, -0.1) is 0 Å². The van der Waals surface area contributed by atoms with E-state index in [-0.39, 0.29) is 0 Å². The molecule has 0 bridgehead atoms. The van der Waals surface area contributed by atoms with E-state index in [1.165, 1.54) is 0 Å². The lowest BCUT2D eigenvalue weighted by atomic mass is 10.4. The molecule has 0 aromatic rings. The zero-order valence-corrected chi connectivity index (χ0v) is 7.36. The molecule has 1 aliphatic heterocycles. The van der Waals surface area contributed by atoms with Gasteiger partial charge in [-0.1, -0.05) is 0 Å². The van der Waals surface area contributed by atoms with Crippen LogP contribution in [0.15, 0.2) is 0 Å². The number of rotatable bonds is 0. The van der Waals surface area contributed by atoms with Crippen LogP contribution >= 0.6 is 12.2 Å². The van der Waals surface area contributed by atoms with Gasteiger partial charge >= 0.3 is 0 Å². The van der Waals surface area contributed by atoms with Gasteiger partial charge in [0.25, 0.3) is 0 Å². The molecule has 0 aromatic heterocycles. The number of nitrogens with zero attached hydrogens (tertiary/aromatic N) is 1. The Balaban J connectivity index is 1.97. The minimum Gasteiger partial charge on any atom is -0.374 e. The first-order chi connectivity index (χ1) is 5.33. The molecule has 3 nitrogen and oxygen atoms in total. The Kier molecular flexibility index (Phi) is 1.73. The van der Waals surface area contributed by atoms with E-state index in [2.05, 4.69) is 10.2 Å². The highest BCUT2D eigenvalue weighted by Crippen LogP contribution is 2.34. The predicted octanol–water partition coefficient (Wildman–Crippen LogP) is -0.0362. The predicted molar refractivity (Wildman–Crippen MR) is 46.5 cm³/mol. The van der Waals surface area contributed by atoms with Crippen molar-refractivity contribution in [3.8, 4) is 0 Å². The van der Waals surface area contributed by atoms with Crippen LogP contribution in [-0.2, 0) is 4.74 Å². The Bertz CT molecular complexity index is 185. The van der Waals surface area contributed by atoms with Crippen LogP contribution in [0.3, 0.4) is 0 Å². The molecule has 1 saturated heterocycles. The van der Waals surface area contributed by atoms with Gasteiger partial charge in [-0.05, 0) is 18.6 Å². The molecule has 62 valence electrons. The number of thiocarbonyl (C=S) groups is 1. The van der Waals surface area contributed by atoms with Gasteiger partial charge in [0, 0.05) is 13.6 Å². The van der Waals surface area contributed by atoms with E-state index in [0.29, 0.717) is 12.1 Å². The number of morpholine rings is 1. The van der Waals surface area contributed by atoms with Gasteiger partial charge in [-0.2, -0.15) is 0 Å². The van der Waals surface area contributed by atoms with Crippen LogP contribution in [0.25, 0.3) is 0 Å². The van der Waals surface area contributed by atoms with Gasteiger partial charge in [0.2, 0.25) is 0 Å². The molecule has 4 heteroatoms. The summed E-state index contributed by atoms with van der Waals surface area (Å²) in [6.07, 6.45) is 1.62. The number of fused-ring (bicyclic) bond motifs is 1. The van der Waals surface area contributed by atoms with Crippen molar-refractivity contribution in [2.75, 3.05) is 20.2 Å². The number of ether oxygens (including phenoxy) is 1. The van der Waals surface area contributed by atoms with Crippen LogP contribution in [0, 0.1) is 0 Å². The van der Waals surface area contributed by atoms with Crippen molar-refractivity contribution in [3.05, 3.63) is 0 Å². The molecular formula is C7H12N2OS. The normalized spacial score (nSPS) is 34.5. The van der Waals surface area contributed by atoms with Crippen LogP contribution in [0.5, 0.6) is 0 Å². The van der Waals surface area contributed by atoms with Crippen LogP contribution < -0.4 is 5.32 Å². The van der Waals surface area contributed by atoms with Crippen molar-refractivity contribution in [1.29, 1.82) is 0 Å². The fraction of sp³-hybridized carbons (Fsp3) is 0.857. The highest BCUT2D eigenvalue weighted by molar-refractivity contribution is 7.80. The second-order valence-corrected chi connectivity index (χ2v) is 3.35. The molecule has 0 radical (unpaired) electrons. The van der Waals surface area contributed by atoms with E-state index in [1.807, 2.05) is 7.05 Å². The van der Waals surface area contributed by atoms with Gasteiger partial charge in [-0.3, -0.25) is 0 Å². The molecule has 2 atom stereocenters. The molecule has 0 amide bonds. The first-order valence-corrected chi connectivity index (χ1v) is 4.33. The lowest BCUT2D eigenvalue weighted by Gasteiger charge is -2.28. The maximum absolute atomic E-state index is 5.45. The second kappa shape index (κ2) is 2.60. The minimum atomic E-state index is 0.468. The lowest BCUT2D eigenvalue weighted by Crippen LogP contribution is -2.45. The van der Waals surface area contributed by atoms with Gasteiger partial charge < -0.3 is 15.0 Å². The fourth-order valence-corrected chi connectivity index (χ4v) is 1.76. The molecule has 0 aromatic carbocycles. The maximum atomic E-state index is 5.45. The lowest BCUT2D eigenvalue weighted by molar-refractivity contribution is 0.0579. The summed E-state index contributed by atoms with van der Waals surface area (Å²) in [5.74, 6) is 0. The first-order valence-electron chi connectivity index (χ1n) is 3.93. The van der Waals surface area contributed by atoms with Crippen LogP contribution in [-0.4, -0.2) is 42.4 Å². The Morgan fingerprint density at radius 1 is 1.73 bits per heavy atom. The van der Waals surface area contributed by atoms with Crippen molar-refractivity contribution in [2.24, 2.45) is 0 Å². The minimum absolute atomic E-state index is 0.468. The standard InChI is InChI=1S/C7H12N2OS/c1-8-7(11)9-2-3-10-6-4-5(6)9/h5-6H,2-4H2,1H3,(H,8,11). The van der Waals surface area contributed by atoms with Crippen LogP contribution in [0.1, 0.15) is 6.42 Å². The third kappa shape index (κ3) is 1.20. The van der Waals surface area contributed by atoms with E-state index in [9.17, 15) is 0 Å². The van der Waals surface area contributed by atoms with Gasteiger partial charge in [0.05, 0.1) is 18.8 Å². The molecule has 1 N–H and O–H groups in total. The van der Waals surface area contributed by atoms with Gasteiger partial charge in [0.15, 0.2) is 5.11 Å². The Morgan fingerprint density at radius 3 is 3.27 bits per heavy atom. The molecule has 2 aliphatic rings. The number of hydrogen-bond acceptors (Lipinski definition) is 2. The summed E-state index contributed by atoms with van der Waals surface area (Å²) < 4.78 is 5.45. The largest absolute Gasteiger partial charge is 0.374 e. The maximum Gasteiger partial charge on any atom is 0.169 e. The van der Waals surface area contributed by atoms with E-state index in [1.54, 1.807) is 0 Å². The molecule has 1 saturated carbocycles. The quantitative estimate of drug-likeness (QED) is 0.518. The van der Waals surface area contributed by atoms with E-state index in [0.717, 1.165) is 24.7 Å². The highest BCUT2D eigenvalue weighted by atomic mass is 32.1. The van der Waals surface area contributed by atoms with E-state index in [4.69, 9.17) is 17.0 Å². The summed E-state index contributed by atoms with van der Waals surface area (Å²) in [5.41, 5.74) is 0. The molecular weight excluding hydrogens is 160 g/mol. The fourth-order valence-electron chi connectivity index (χ4n) is 1.53. The van der Waals surface area contributed by atoms with Gasteiger partial charge in [-0.25, -0.2) is 0 Å². The average molecular weight is 172 g/mol. The molecule has 2 unspecified atom stereocenters. The van der Waals surface area contributed by atoms with Crippen molar-refractivity contribution >= 4 is 17.3 Å². The number of hydrogen-bond donors (Lipinski definition) is 1. The average Bonchev–Trinajstić information content (AvgIpc) is 2.80. The molecule has 0 spiro atoms. The van der Waals surface area contributed by atoms with Gasteiger partial charge in [0.1, 0.15) is 0 Å². The Morgan fingerprint density at radius 2 is 2.55 bits per heavy atom. The molecule has 11 heavy (non-hydrogen) atoms. The second-order valence-electron chi connectivity index (χ2n) is 2.96.